The zero-order valence-corrected chi connectivity index (χ0v) is 12.6. The molecule has 1 nitrogen and oxygen atoms in total. The highest BCUT2D eigenvalue weighted by Gasteiger charge is 2.28. The van der Waals surface area contributed by atoms with Crippen LogP contribution in [0, 0.1) is 17.2 Å². The minimum absolute atomic E-state index is 0.141. The van der Waals surface area contributed by atoms with Gasteiger partial charge < -0.3 is 5.32 Å². The summed E-state index contributed by atoms with van der Waals surface area (Å²) in [5.74, 6) is 0.363. The molecule has 0 aromatic heterocycles. The van der Waals surface area contributed by atoms with Crippen molar-refractivity contribution in [1.82, 2.24) is 5.32 Å². The van der Waals surface area contributed by atoms with Crippen LogP contribution in [0.1, 0.15) is 26.3 Å². The van der Waals surface area contributed by atoms with Gasteiger partial charge in [0.2, 0.25) is 0 Å². The summed E-state index contributed by atoms with van der Waals surface area (Å²) < 4.78 is 14.2. The molecule has 1 aromatic carbocycles. The summed E-state index contributed by atoms with van der Waals surface area (Å²) in [7, 11) is 1.96. The number of benzene rings is 1. The Morgan fingerprint density at radius 2 is 2.00 bits per heavy atom. The monoisotopic (exact) mass is 301 g/mol. The van der Waals surface area contributed by atoms with Crippen molar-refractivity contribution in [2.45, 2.75) is 27.2 Å². The van der Waals surface area contributed by atoms with Crippen LogP contribution < -0.4 is 5.32 Å². The van der Waals surface area contributed by atoms with Gasteiger partial charge in [-0.05, 0) is 48.6 Å². The van der Waals surface area contributed by atoms with E-state index in [0.29, 0.717) is 5.92 Å². The van der Waals surface area contributed by atoms with E-state index in [2.05, 4.69) is 42.0 Å². The Balaban J connectivity index is 2.93. The van der Waals surface area contributed by atoms with E-state index in [1.54, 1.807) is 6.07 Å². The lowest BCUT2D eigenvalue weighted by Gasteiger charge is -2.34. The van der Waals surface area contributed by atoms with Crippen molar-refractivity contribution in [1.29, 1.82) is 0 Å². The molecule has 0 aliphatic rings. The van der Waals surface area contributed by atoms with Crippen molar-refractivity contribution < 1.29 is 4.39 Å². The molecule has 0 amide bonds. The van der Waals surface area contributed by atoms with Crippen LogP contribution in [-0.4, -0.2) is 13.6 Å². The fraction of sp³-hybridized carbons (Fsp3) is 0.571. The molecule has 1 unspecified atom stereocenters. The van der Waals surface area contributed by atoms with Gasteiger partial charge in [0, 0.05) is 11.0 Å². The summed E-state index contributed by atoms with van der Waals surface area (Å²) >= 11 is 3.34. The molecule has 1 aromatic rings. The SMILES string of the molecule is CNCC(C)(Cc1cc(F)cc(Br)c1)C(C)C. The van der Waals surface area contributed by atoms with E-state index in [9.17, 15) is 4.39 Å². The first kappa shape index (κ1) is 14.7. The normalized spacial score (nSPS) is 15.0. The number of nitrogens with one attached hydrogen (secondary N) is 1. The first-order valence-corrected chi connectivity index (χ1v) is 6.76. The molecule has 96 valence electrons. The molecule has 3 heteroatoms. The molecule has 0 fully saturated rings. The van der Waals surface area contributed by atoms with E-state index >= 15 is 0 Å². The third-order valence-electron chi connectivity index (χ3n) is 3.50. The molecule has 0 bridgehead atoms. The maximum absolute atomic E-state index is 13.3. The van der Waals surface area contributed by atoms with Crippen LogP contribution in [0.2, 0.25) is 0 Å². The van der Waals surface area contributed by atoms with Crippen LogP contribution >= 0.6 is 15.9 Å². The molecule has 1 atom stereocenters. The van der Waals surface area contributed by atoms with Gasteiger partial charge in [-0.1, -0.05) is 36.7 Å². The molecule has 0 saturated carbocycles. The molecule has 17 heavy (non-hydrogen) atoms. The number of rotatable bonds is 5. The van der Waals surface area contributed by atoms with Crippen molar-refractivity contribution in [3.8, 4) is 0 Å². The van der Waals surface area contributed by atoms with E-state index in [4.69, 9.17) is 0 Å². The van der Waals surface area contributed by atoms with Gasteiger partial charge in [-0.25, -0.2) is 4.39 Å². The Morgan fingerprint density at radius 3 is 2.47 bits per heavy atom. The van der Waals surface area contributed by atoms with Gasteiger partial charge in [0.05, 0.1) is 0 Å². The average Bonchev–Trinajstić information content (AvgIpc) is 2.15. The molecule has 1 rings (SSSR count). The minimum Gasteiger partial charge on any atom is -0.319 e. The summed E-state index contributed by atoms with van der Waals surface area (Å²) in [5, 5.41) is 3.23. The van der Waals surface area contributed by atoms with E-state index in [0.717, 1.165) is 23.0 Å². The third kappa shape index (κ3) is 4.07. The molecule has 0 radical (unpaired) electrons. The second kappa shape index (κ2) is 5.96. The lowest BCUT2D eigenvalue weighted by molar-refractivity contribution is 0.212. The Bertz CT molecular complexity index is 358. The minimum atomic E-state index is -0.176. The van der Waals surface area contributed by atoms with Gasteiger partial charge in [-0.2, -0.15) is 0 Å². The standard InChI is InChI=1S/C14H21BrFN/c1-10(2)14(3,9-17-4)8-11-5-12(15)7-13(16)6-11/h5-7,10,17H,8-9H2,1-4H3. The van der Waals surface area contributed by atoms with Crippen molar-refractivity contribution >= 4 is 15.9 Å². The number of hydrogen-bond donors (Lipinski definition) is 1. The molecule has 1 N–H and O–H groups in total. The summed E-state index contributed by atoms with van der Waals surface area (Å²) in [4.78, 5) is 0. The predicted molar refractivity (Wildman–Crippen MR) is 74.7 cm³/mol. The molecule has 0 aliphatic carbocycles. The smallest absolute Gasteiger partial charge is 0.124 e. The van der Waals surface area contributed by atoms with Crippen LogP contribution in [0.5, 0.6) is 0 Å². The molecule has 0 spiro atoms. The second-order valence-corrected chi connectivity index (χ2v) is 6.21. The Labute approximate surface area is 112 Å². The maximum Gasteiger partial charge on any atom is 0.124 e. The maximum atomic E-state index is 13.3. The van der Waals surface area contributed by atoms with Crippen LogP contribution in [0.4, 0.5) is 4.39 Å². The fourth-order valence-corrected chi connectivity index (χ4v) is 2.57. The molecular formula is C14H21BrFN. The van der Waals surface area contributed by atoms with Crippen LogP contribution in [-0.2, 0) is 6.42 Å². The Hall–Kier alpha value is -0.410. The second-order valence-electron chi connectivity index (χ2n) is 5.29. The molecule has 0 saturated heterocycles. The highest BCUT2D eigenvalue weighted by molar-refractivity contribution is 9.10. The van der Waals surface area contributed by atoms with Crippen molar-refractivity contribution in [3.63, 3.8) is 0 Å². The lowest BCUT2D eigenvalue weighted by Crippen LogP contribution is -2.36. The van der Waals surface area contributed by atoms with Gasteiger partial charge >= 0.3 is 0 Å². The lowest BCUT2D eigenvalue weighted by atomic mass is 9.74. The fourth-order valence-electron chi connectivity index (χ4n) is 2.05. The average molecular weight is 302 g/mol. The van der Waals surface area contributed by atoms with E-state index < -0.39 is 0 Å². The summed E-state index contributed by atoms with van der Waals surface area (Å²) in [5.41, 5.74) is 1.19. The Kier molecular flexibility index (Phi) is 5.14. The first-order chi connectivity index (χ1) is 7.87. The predicted octanol–water partition coefficient (Wildman–Crippen LogP) is 4.01. The highest BCUT2D eigenvalue weighted by atomic mass is 79.9. The van der Waals surface area contributed by atoms with Crippen molar-refractivity contribution in [2.75, 3.05) is 13.6 Å². The highest BCUT2D eigenvalue weighted by Crippen LogP contribution is 2.31. The van der Waals surface area contributed by atoms with Gasteiger partial charge in [-0.15, -0.1) is 0 Å². The molecule has 0 heterocycles. The topological polar surface area (TPSA) is 12.0 Å². The summed E-state index contributed by atoms with van der Waals surface area (Å²) in [6.45, 7) is 7.60. The summed E-state index contributed by atoms with van der Waals surface area (Å²) in [6.07, 6.45) is 0.877. The van der Waals surface area contributed by atoms with Crippen LogP contribution in [0.3, 0.4) is 0 Å². The molecular weight excluding hydrogens is 281 g/mol. The van der Waals surface area contributed by atoms with Crippen molar-refractivity contribution in [3.05, 3.63) is 34.1 Å². The van der Waals surface area contributed by atoms with Crippen LogP contribution in [0.15, 0.2) is 22.7 Å². The largest absolute Gasteiger partial charge is 0.319 e. The van der Waals surface area contributed by atoms with E-state index in [1.807, 2.05) is 13.1 Å². The Morgan fingerprint density at radius 1 is 1.35 bits per heavy atom. The van der Waals surface area contributed by atoms with E-state index in [-0.39, 0.29) is 11.2 Å². The van der Waals surface area contributed by atoms with Gasteiger partial charge in [0.15, 0.2) is 0 Å². The number of halogens is 2. The zero-order valence-electron chi connectivity index (χ0n) is 11.0. The molecule has 0 aliphatic heterocycles. The van der Waals surface area contributed by atoms with Gasteiger partial charge in [0.1, 0.15) is 5.82 Å². The van der Waals surface area contributed by atoms with E-state index in [1.165, 1.54) is 6.07 Å². The first-order valence-electron chi connectivity index (χ1n) is 5.97. The van der Waals surface area contributed by atoms with Gasteiger partial charge in [0.25, 0.3) is 0 Å². The summed E-state index contributed by atoms with van der Waals surface area (Å²) in [6, 6.07) is 5.12. The van der Waals surface area contributed by atoms with Gasteiger partial charge in [-0.3, -0.25) is 0 Å². The quantitative estimate of drug-likeness (QED) is 0.866. The van der Waals surface area contributed by atoms with Crippen LogP contribution in [0.25, 0.3) is 0 Å². The number of hydrogen-bond acceptors (Lipinski definition) is 1. The third-order valence-corrected chi connectivity index (χ3v) is 3.96. The van der Waals surface area contributed by atoms with Crippen molar-refractivity contribution in [2.24, 2.45) is 11.3 Å². The zero-order chi connectivity index (χ0) is 13.1.